The predicted octanol–water partition coefficient (Wildman–Crippen LogP) is 3.22. The number of halogens is 3. The number of amides is 1. The van der Waals surface area contributed by atoms with Crippen LogP contribution in [0.5, 0.6) is 0 Å². The summed E-state index contributed by atoms with van der Waals surface area (Å²) in [5.41, 5.74) is 0.114. The van der Waals surface area contributed by atoms with Crippen LogP contribution in [0.2, 0.25) is 0 Å². The molecule has 0 saturated heterocycles. The normalized spacial score (nSPS) is 11.1. The number of nitrogens with one attached hydrogen (secondary N) is 2. The lowest BCUT2D eigenvalue weighted by molar-refractivity contribution is -0.137. The minimum atomic E-state index is -4.48. The zero-order chi connectivity index (χ0) is 16.7. The predicted molar refractivity (Wildman–Crippen MR) is 80.6 cm³/mol. The Labute approximate surface area is 131 Å². The van der Waals surface area contributed by atoms with Gasteiger partial charge in [0, 0.05) is 25.7 Å². The fourth-order valence-electron chi connectivity index (χ4n) is 1.95. The van der Waals surface area contributed by atoms with Crippen LogP contribution in [0.15, 0.2) is 48.7 Å². The molecule has 122 valence electrons. The highest BCUT2D eigenvalue weighted by atomic mass is 19.4. The van der Waals surface area contributed by atoms with Gasteiger partial charge >= 0.3 is 6.18 Å². The molecule has 0 bridgehead atoms. The molecule has 1 heterocycles. The number of hydrogen-bond acceptors (Lipinski definition) is 3. The molecule has 1 amide bonds. The summed E-state index contributed by atoms with van der Waals surface area (Å²) in [6.45, 7) is 0.456. The van der Waals surface area contributed by atoms with E-state index in [4.69, 9.17) is 0 Å². The van der Waals surface area contributed by atoms with Crippen LogP contribution in [-0.2, 0) is 17.5 Å². The second kappa shape index (κ2) is 7.62. The average Bonchev–Trinajstić information content (AvgIpc) is 2.53. The molecule has 0 atom stereocenters. The maximum Gasteiger partial charge on any atom is 0.419 e. The minimum absolute atomic E-state index is 0.0563. The van der Waals surface area contributed by atoms with Crippen LogP contribution in [0.25, 0.3) is 0 Å². The Balaban J connectivity index is 1.80. The topological polar surface area (TPSA) is 54.0 Å². The summed E-state index contributed by atoms with van der Waals surface area (Å²) >= 11 is 0. The SMILES string of the molecule is O=C(CCNc1ncccc1C(F)(F)F)NCc1ccccc1. The molecule has 0 aliphatic rings. The molecule has 2 rings (SSSR count). The minimum Gasteiger partial charge on any atom is -0.369 e. The number of alkyl halides is 3. The van der Waals surface area contributed by atoms with Crippen LogP contribution in [0, 0.1) is 0 Å². The van der Waals surface area contributed by atoms with Crippen LogP contribution >= 0.6 is 0 Å². The second-order valence-electron chi connectivity index (χ2n) is 4.84. The molecular formula is C16H16F3N3O. The number of carbonyl (C=O) groups is 1. The van der Waals surface area contributed by atoms with Gasteiger partial charge in [0.05, 0.1) is 5.56 Å². The number of rotatable bonds is 6. The molecule has 0 fully saturated rings. The molecule has 23 heavy (non-hydrogen) atoms. The Morgan fingerprint density at radius 3 is 2.52 bits per heavy atom. The van der Waals surface area contributed by atoms with E-state index in [2.05, 4.69) is 15.6 Å². The van der Waals surface area contributed by atoms with Gasteiger partial charge in [-0.1, -0.05) is 30.3 Å². The van der Waals surface area contributed by atoms with Crippen molar-refractivity contribution in [3.8, 4) is 0 Å². The smallest absolute Gasteiger partial charge is 0.369 e. The molecule has 1 aromatic carbocycles. The lowest BCUT2D eigenvalue weighted by Gasteiger charge is -2.13. The Kier molecular flexibility index (Phi) is 5.56. The van der Waals surface area contributed by atoms with E-state index in [1.807, 2.05) is 30.3 Å². The van der Waals surface area contributed by atoms with Crippen LogP contribution in [0.4, 0.5) is 19.0 Å². The fourth-order valence-corrected chi connectivity index (χ4v) is 1.95. The van der Waals surface area contributed by atoms with E-state index in [1.54, 1.807) is 0 Å². The van der Waals surface area contributed by atoms with E-state index in [-0.39, 0.29) is 24.7 Å². The quantitative estimate of drug-likeness (QED) is 0.858. The van der Waals surface area contributed by atoms with Gasteiger partial charge in [0.15, 0.2) is 0 Å². The van der Waals surface area contributed by atoms with Gasteiger partial charge in [0.25, 0.3) is 0 Å². The monoisotopic (exact) mass is 323 g/mol. The molecule has 0 unspecified atom stereocenters. The maximum atomic E-state index is 12.8. The zero-order valence-corrected chi connectivity index (χ0v) is 12.2. The Morgan fingerprint density at radius 2 is 1.83 bits per heavy atom. The summed E-state index contributed by atoms with van der Waals surface area (Å²) < 4.78 is 38.4. The molecule has 0 aliphatic heterocycles. The molecule has 7 heteroatoms. The molecule has 0 radical (unpaired) electrons. The molecular weight excluding hydrogens is 307 g/mol. The summed E-state index contributed by atoms with van der Waals surface area (Å²) in [5.74, 6) is -0.512. The number of carbonyl (C=O) groups excluding carboxylic acids is 1. The third-order valence-electron chi connectivity index (χ3n) is 3.09. The van der Waals surface area contributed by atoms with Crippen LogP contribution in [-0.4, -0.2) is 17.4 Å². The number of pyridine rings is 1. The summed E-state index contributed by atoms with van der Waals surface area (Å²) in [6, 6.07) is 11.5. The van der Waals surface area contributed by atoms with E-state index in [0.717, 1.165) is 11.6 Å². The van der Waals surface area contributed by atoms with Crippen molar-refractivity contribution in [3.05, 3.63) is 59.8 Å². The van der Waals surface area contributed by atoms with Gasteiger partial charge in [-0.15, -0.1) is 0 Å². The molecule has 1 aromatic heterocycles. The maximum absolute atomic E-state index is 12.8. The first kappa shape index (κ1) is 16.8. The van der Waals surface area contributed by atoms with Crippen molar-refractivity contribution >= 4 is 11.7 Å². The van der Waals surface area contributed by atoms with Gasteiger partial charge < -0.3 is 10.6 Å². The summed E-state index contributed by atoms with van der Waals surface area (Å²) in [4.78, 5) is 15.4. The molecule has 0 saturated carbocycles. The molecule has 2 N–H and O–H groups in total. The van der Waals surface area contributed by atoms with Crippen LogP contribution in [0.3, 0.4) is 0 Å². The first-order valence-electron chi connectivity index (χ1n) is 7.03. The average molecular weight is 323 g/mol. The van der Waals surface area contributed by atoms with Crippen molar-refractivity contribution < 1.29 is 18.0 Å². The molecule has 0 spiro atoms. The highest BCUT2D eigenvalue weighted by Gasteiger charge is 2.33. The van der Waals surface area contributed by atoms with Gasteiger partial charge in [0.1, 0.15) is 5.82 Å². The van der Waals surface area contributed by atoms with Crippen molar-refractivity contribution in [1.29, 1.82) is 0 Å². The van der Waals surface area contributed by atoms with Gasteiger partial charge in [-0.2, -0.15) is 13.2 Å². The molecule has 4 nitrogen and oxygen atoms in total. The number of benzene rings is 1. The van der Waals surface area contributed by atoms with Crippen LogP contribution in [0.1, 0.15) is 17.5 Å². The summed E-state index contributed by atoms with van der Waals surface area (Å²) in [7, 11) is 0. The van der Waals surface area contributed by atoms with Crippen molar-refractivity contribution in [2.75, 3.05) is 11.9 Å². The lowest BCUT2D eigenvalue weighted by atomic mass is 10.2. The van der Waals surface area contributed by atoms with Gasteiger partial charge in [-0.05, 0) is 17.7 Å². The number of aromatic nitrogens is 1. The summed E-state index contributed by atoms with van der Waals surface area (Å²) in [6.07, 6.45) is -3.15. The van der Waals surface area contributed by atoms with Crippen LogP contribution < -0.4 is 10.6 Å². The van der Waals surface area contributed by atoms with Gasteiger partial charge in [-0.25, -0.2) is 4.98 Å². The zero-order valence-electron chi connectivity index (χ0n) is 12.2. The van der Waals surface area contributed by atoms with E-state index in [1.165, 1.54) is 12.3 Å². The highest BCUT2D eigenvalue weighted by molar-refractivity contribution is 5.76. The van der Waals surface area contributed by atoms with E-state index < -0.39 is 11.7 Å². The van der Waals surface area contributed by atoms with E-state index in [0.29, 0.717) is 6.54 Å². The van der Waals surface area contributed by atoms with Gasteiger partial charge in [0.2, 0.25) is 5.91 Å². The summed E-state index contributed by atoms with van der Waals surface area (Å²) in [5, 5.41) is 5.27. The Morgan fingerprint density at radius 1 is 1.09 bits per heavy atom. The number of hydrogen-bond donors (Lipinski definition) is 2. The molecule has 0 aliphatic carbocycles. The van der Waals surface area contributed by atoms with Crippen molar-refractivity contribution in [1.82, 2.24) is 10.3 Å². The standard InChI is InChI=1S/C16H16F3N3O/c17-16(18,19)13-7-4-9-20-15(13)21-10-8-14(23)22-11-12-5-2-1-3-6-12/h1-7,9H,8,10-11H2,(H,20,21)(H,22,23). The molecule has 2 aromatic rings. The van der Waals surface area contributed by atoms with Crippen molar-refractivity contribution in [2.24, 2.45) is 0 Å². The van der Waals surface area contributed by atoms with Gasteiger partial charge in [-0.3, -0.25) is 4.79 Å². The van der Waals surface area contributed by atoms with E-state index >= 15 is 0 Å². The lowest BCUT2D eigenvalue weighted by Crippen LogP contribution is -2.25. The first-order chi connectivity index (χ1) is 11.0. The Hall–Kier alpha value is -2.57. The Bertz CT molecular complexity index is 645. The second-order valence-corrected chi connectivity index (χ2v) is 4.84. The van der Waals surface area contributed by atoms with Crippen molar-refractivity contribution in [2.45, 2.75) is 19.1 Å². The number of nitrogens with zero attached hydrogens (tertiary/aromatic N) is 1. The van der Waals surface area contributed by atoms with E-state index in [9.17, 15) is 18.0 Å². The fraction of sp³-hybridized carbons (Fsp3) is 0.250. The highest BCUT2D eigenvalue weighted by Crippen LogP contribution is 2.33. The third-order valence-corrected chi connectivity index (χ3v) is 3.09. The third kappa shape index (κ3) is 5.28. The first-order valence-corrected chi connectivity index (χ1v) is 7.03. The van der Waals surface area contributed by atoms with Crippen molar-refractivity contribution in [3.63, 3.8) is 0 Å². The number of anilines is 1. The largest absolute Gasteiger partial charge is 0.419 e.